The molecule has 1 heterocycles. The molecule has 0 radical (unpaired) electrons. The maximum atomic E-state index is 12.5. The summed E-state index contributed by atoms with van der Waals surface area (Å²) in [4.78, 5) is 0.224. The Morgan fingerprint density at radius 2 is 1.59 bits per heavy atom. The van der Waals surface area contributed by atoms with Crippen LogP contribution in [0.25, 0.3) is 0 Å². The molecule has 0 spiro atoms. The molecule has 0 unspecified atom stereocenters. The number of halogens is 9. The van der Waals surface area contributed by atoms with Gasteiger partial charge in [-0.3, -0.25) is 0 Å². The van der Waals surface area contributed by atoms with E-state index in [1.165, 1.54) is 12.1 Å². The lowest BCUT2D eigenvalue weighted by Gasteiger charge is -2.04. The number of rotatable bonds is 0. The van der Waals surface area contributed by atoms with Crippen LogP contribution in [0.1, 0.15) is 5.56 Å². The molecule has 11 heteroatoms. The fourth-order valence-electron chi connectivity index (χ4n) is 0.631. The molecule has 98 valence electrons. The molecule has 0 aromatic carbocycles. The third kappa shape index (κ3) is 8.71. The van der Waals surface area contributed by atoms with Gasteiger partial charge >= 0.3 is 7.25 Å². The van der Waals surface area contributed by atoms with Gasteiger partial charge in [-0.15, -0.1) is 0 Å². The molecular formula is C6H3BCl4F5N. The van der Waals surface area contributed by atoms with Crippen molar-refractivity contribution in [3.05, 3.63) is 29.0 Å². The summed E-state index contributed by atoms with van der Waals surface area (Å²) in [6.07, 6.45) is 1.07. The Balaban J connectivity index is 0.000000437. The zero-order valence-corrected chi connectivity index (χ0v) is 10.7. The van der Waals surface area contributed by atoms with E-state index in [0.717, 1.165) is 6.20 Å². The number of aromatic nitrogens is 1. The summed E-state index contributed by atoms with van der Waals surface area (Å²) < 4.78 is 50.0. The van der Waals surface area contributed by atoms with Gasteiger partial charge in [-0.2, -0.15) is 0 Å². The first-order valence-electron chi connectivity index (χ1n) is 3.73. The molecule has 0 atom stereocenters. The van der Waals surface area contributed by atoms with Gasteiger partial charge in [0.1, 0.15) is 11.8 Å². The van der Waals surface area contributed by atoms with E-state index in [-0.39, 0.29) is 9.94 Å². The number of alkyl halides is 3. The van der Waals surface area contributed by atoms with E-state index in [4.69, 9.17) is 46.4 Å². The average Bonchev–Trinajstić information content (AvgIpc) is 2.04. The average molecular weight is 337 g/mol. The zero-order chi connectivity index (χ0) is 13.9. The first-order valence-corrected chi connectivity index (χ1v) is 5.24. The van der Waals surface area contributed by atoms with E-state index in [0.29, 0.717) is 5.56 Å². The number of pyridine rings is 1. The van der Waals surface area contributed by atoms with Crippen molar-refractivity contribution in [1.82, 2.24) is 4.79 Å². The summed E-state index contributed by atoms with van der Waals surface area (Å²) in [7, 11) is -6.00. The fourth-order valence-corrected chi connectivity index (χ4v) is 1.16. The molecule has 0 aliphatic carbocycles. The summed E-state index contributed by atoms with van der Waals surface area (Å²) in [5.41, 5.74) is 0.325. The minimum Gasteiger partial charge on any atom is -0.418 e. The SMILES string of the molecule is F[B-](F)(F)F.Fn1[cH+]cc(C(Cl)(Cl)Cl)cc1Cl. The van der Waals surface area contributed by atoms with Crippen molar-refractivity contribution in [3.63, 3.8) is 0 Å². The van der Waals surface area contributed by atoms with Crippen LogP contribution in [-0.2, 0) is 3.79 Å². The minimum absolute atomic E-state index is 0.140. The Labute approximate surface area is 113 Å². The van der Waals surface area contributed by atoms with Crippen molar-refractivity contribution in [3.8, 4) is 0 Å². The van der Waals surface area contributed by atoms with Gasteiger partial charge < -0.3 is 17.3 Å². The smallest absolute Gasteiger partial charge is 0.418 e. The molecule has 0 amide bonds. The van der Waals surface area contributed by atoms with Crippen molar-refractivity contribution in [2.75, 3.05) is 0 Å². The van der Waals surface area contributed by atoms with Crippen LogP contribution in [0.2, 0.25) is 5.15 Å². The second-order valence-electron chi connectivity index (χ2n) is 2.54. The van der Waals surface area contributed by atoms with Gasteiger partial charge in [0.2, 0.25) is 5.15 Å². The van der Waals surface area contributed by atoms with Gasteiger partial charge in [-0.25, -0.2) is 0 Å². The summed E-state index contributed by atoms with van der Waals surface area (Å²) in [6, 6.07) is 2.58. The first-order chi connectivity index (χ1) is 7.41. The van der Waals surface area contributed by atoms with Gasteiger partial charge in [0.05, 0.1) is 12.1 Å². The van der Waals surface area contributed by atoms with E-state index < -0.39 is 11.0 Å². The van der Waals surface area contributed by atoms with E-state index in [2.05, 4.69) is 0 Å². The van der Waals surface area contributed by atoms with Gasteiger partial charge in [-0.05, 0) is 0 Å². The maximum Gasteiger partial charge on any atom is 0.673 e. The molecule has 1 rings (SSSR count). The Bertz CT molecular complexity index is 374. The van der Waals surface area contributed by atoms with Crippen molar-refractivity contribution in [1.29, 1.82) is 0 Å². The molecule has 0 saturated carbocycles. The van der Waals surface area contributed by atoms with Crippen LogP contribution in [0.15, 0.2) is 18.3 Å². The molecule has 0 saturated heterocycles. The Morgan fingerprint density at radius 1 is 1.18 bits per heavy atom. The third-order valence-electron chi connectivity index (χ3n) is 1.19. The molecule has 0 aliphatic rings. The molecule has 1 nitrogen and oxygen atoms in total. The Hall–Kier alpha value is 0.0249. The highest BCUT2D eigenvalue weighted by molar-refractivity contribution is 6.66. The summed E-state index contributed by atoms with van der Waals surface area (Å²) in [5, 5.41) is -0.140. The summed E-state index contributed by atoms with van der Waals surface area (Å²) >= 11 is 22.0. The minimum atomic E-state index is -6.00. The molecular weight excluding hydrogens is 334 g/mol. The standard InChI is InChI=1S/C6H3Cl4FN.BF4/c7-5-3-4(6(8,9)10)1-2-12(5)11;2-1(3,4)5/h1-3H;/q+1;-1. The van der Waals surface area contributed by atoms with Crippen LogP contribution in [0.5, 0.6) is 0 Å². The van der Waals surface area contributed by atoms with Crippen LogP contribution in [0, 0.1) is 0 Å². The molecule has 1 aromatic rings. The topological polar surface area (TPSA) is 4.93 Å². The second kappa shape index (κ2) is 6.27. The second-order valence-corrected chi connectivity index (χ2v) is 5.21. The highest BCUT2D eigenvalue weighted by Gasteiger charge is 2.29. The molecule has 0 N–H and O–H groups in total. The number of nitrogens with zero attached hydrogens (tertiary/aromatic N) is 1. The normalized spacial score (nSPS) is 11.8. The fraction of sp³-hybridized carbons (Fsp3) is 0.167. The number of hydrogen-bond donors (Lipinski definition) is 0. The van der Waals surface area contributed by atoms with Gasteiger partial charge in [0, 0.05) is 11.6 Å². The monoisotopic (exact) mass is 335 g/mol. The van der Waals surface area contributed by atoms with Crippen molar-refractivity contribution < 1.29 is 21.7 Å². The largest absolute Gasteiger partial charge is 0.673 e. The molecule has 17 heavy (non-hydrogen) atoms. The lowest BCUT2D eigenvalue weighted by atomic mass is 10.3. The van der Waals surface area contributed by atoms with Crippen LogP contribution < -0.4 is 0 Å². The van der Waals surface area contributed by atoms with Crippen LogP contribution in [0.4, 0.5) is 21.7 Å². The van der Waals surface area contributed by atoms with Gasteiger partial charge in [0.15, 0.2) is 0 Å². The Kier molecular flexibility index (Phi) is 6.28. The molecule has 0 aliphatic heterocycles. The van der Waals surface area contributed by atoms with Crippen LogP contribution in [-0.4, -0.2) is 12.0 Å². The van der Waals surface area contributed by atoms with Crippen LogP contribution in [0.3, 0.4) is 0 Å². The predicted molar refractivity (Wildman–Crippen MR) is 59.8 cm³/mol. The summed E-state index contributed by atoms with van der Waals surface area (Å²) in [5.74, 6) is 0. The lowest BCUT2D eigenvalue weighted by Crippen LogP contribution is -2.02. The van der Waals surface area contributed by atoms with Gasteiger partial charge in [0.25, 0.3) is 3.79 Å². The predicted octanol–water partition coefficient (Wildman–Crippen LogP) is 5.28. The summed E-state index contributed by atoms with van der Waals surface area (Å²) in [6.45, 7) is 0. The van der Waals surface area contributed by atoms with Gasteiger partial charge in [-0.1, -0.05) is 44.1 Å². The maximum absolute atomic E-state index is 12.5. The quantitative estimate of drug-likeness (QED) is 0.200. The zero-order valence-electron chi connectivity index (χ0n) is 7.66. The molecule has 1 aromatic heterocycles. The van der Waals surface area contributed by atoms with Crippen molar-refractivity contribution >= 4 is 53.7 Å². The highest BCUT2D eigenvalue weighted by Crippen LogP contribution is 2.38. The van der Waals surface area contributed by atoms with Crippen LogP contribution >= 0.6 is 46.4 Å². The van der Waals surface area contributed by atoms with E-state index >= 15 is 0 Å². The van der Waals surface area contributed by atoms with Crippen molar-refractivity contribution in [2.24, 2.45) is 0 Å². The van der Waals surface area contributed by atoms with E-state index in [9.17, 15) is 21.7 Å². The van der Waals surface area contributed by atoms with E-state index in [1.54, 1.807) is 0 Å². The van der Waals surface area contributed by atoms with Crippen molar-refractivity contribution in [2.45, 2.75) is 3.79 Å². The highest BCUT2D eigenvalue weighted by atomic mass is 35.6. The third-order valence-corrected chi connectivity index (χ3v) is 2.12. The lowest BCUT2D eigenvalue weighted by molar-refractivity contribution is 0.366. The van der Waals surface area contributed by atoms with E-state index in [1.807, 2.05) is 0 Å². The molecule has 0 fully saturated rings. The number of hydrogen-bond acceptors (Lipinski definition) is 0. The Morgan fingerprint density at radius 3 is 1.88 bits per heavy atom. The molecule has 0 bridgehead atoms. The first kappa shape index (κ1) is 17.0.